The molecule has 0 aliphatic rings. The Morgan fingerprint density at radius 2 is 2.19 bits per heavy atom. The molecule has 1 aromatic rings. The molecule has 0 radical (unpaired) electrons. The molecule has 0 saturated heterocycles. The fraction of sp³-hybridized carbons (Fsp3) is 0.308. The third-order valence-corrected chi connectivity index (χ3v) is 2.63. The first-order chi connectivity index (χ1) is 10.0. The number of carbonyl (C=O) groups excluding carboxylic acids is 1. The van der Waals surface area contributed by atoms with E-state index in [1.54, 1.807) is 12.1 Å². The minimum Gasteiger partial charge on any atom is -0.495 e. The summed E-state index contributed by atoms with van der Waals surface area (Å²) < 4.78 is 5.04. The van der Waals surface area contributed by atoms with E-state index >= 15 is 0 Å². The maximum absolute atomic E-state index is 11.8. The molecule has 8 heteroatoms. The number of hydrogen-bond donors (Lipinski definition) is 4. The van der Waals surface area contributed by atoms with Gasteiger partial charge in [0, 0.05) is 13.0 Å². The zero-order valence-corrected chi connectivity index (χ0v) is 11.3. The monoisotopic (exact) mass is 293 g/mol. The van der Waals surface area contributed by atoms with Gasteiger partial charge in [-0.3, -0.25) is 0 Å². The van der Waals surface area contributed by atoms with Crippen LogP contribution in [0.15, 0.2) is 18.2 Å². The largest absolute Gasteiger partial charge is 0.495 e. The predicted octanol–water partition coefficient (Wildman–Crippen LogP) is 0.524. The summed E-state index contributed by atoms with van der Waals surface area (Å²) in [6.07, 6.45) is -0.125. The van der Waals surface area contributed by atoms with Crippen LogP contribution in [0, 0.1) is 11.3 Å². The summed E-state index contributed by atoms with van der Waals surface area (Å²) >= 11 is 0. The summed E-state index contributed by atoms with van der Waals surface area (Å²) in [7, 11) is 1.38. The van der Waals surface area contributed by atoms with E-state index in [4.69, 9.17) is 20.2 Å². The number of carboxylic acids is 1. The second-order valence-electron chi connectivity index (χ2n) is 4.00. The molecular formula is C13H15N3O5. The number of aliphatic hydroxyl groups is 1. The fourth-order valence-electron chi connectivity index (χ4n) is 1.62. The molecule has 0 saturated carbocycles. The van der Waals surface area contributed by atoms with E-state index in [1.807, 2.05) is 6.07 Å². The van der Waals surface area contributed by atoms with E-state index in [-0.39, 0.29) is 30.0 Å². The molecule has 112 valence electrons. The number of methoxy groups -OCH3 is 1. The summed E-state index contributed by atoms with van der Waals surface area (Å²) in [5.74, 6) is -0.988. The first kappa shape index (κ1) is 16.3. The van der Waals surface area contributed by atoms with Gasteiger partial charge in [0.25, 0.3) is 0 Å². The maximum atomic E-state index is 11.8. The van der Waals surface area contributed by atoms with Crippen molar-refractivity contribution in [3.05, 3.63) is 23.8 Å². The van der Waals surface area contributed by atoms with E-state index in [2.05, 4.69) is 10.6 Å². The van der Waals surface area contributed by atoms with Crippen LogP contribution in [-0.2, 0) is 4.79 Å². The van der Waals surface area contributed by atoms with E-state index in [9.17, 15) is 9.59 Å². The highest BCUT2D eigenvalue weighted by atomic mass is 16.5. The molecular weight excluding hydrogens is 278 g/mol. The maximum Gasteiger partial charge on any atom is 0.326 e. The number of hydrogen-bond acceptors (Lipinski definition) is 5. The van der Waals surface area contributed by atoms with Crippen molar-refractivity contribution in [2.45, 2.75) is 12.5 Å². The third kappa shape index (κ3) is 4.36. The van der Waals surface area contributed by atoms with Crippen LogP contribution in [0.3, 0.4) is 0 Å². The Morgan fingerprint density at radius 1 is 1.48 bits per heavy atom. The third-order valence-electron chi connectivity index (χ3n) is 2.63. The lowest BCUT2D eigenvalue weighted by Crippen LogP contribution is -2.43. The van der Waals surface area contributed by atoms with Gasteiger partial charge in [-0.25, -0.2) is 9.59 Å². The van der Waals surface area contributed by atoms with E-state index in [0.717, 1.165) is 0 Å². The number of anilines is 1. The van der Waals surface area contributed by atoms with Crippen molar-refractivity contribution in [3.63, 3.8) is 0 Å². The molecule has 0 aliphatic heterocycles. The molecule has 0 aromatic heterocycles. The van der Waals surface area contributed by atoms with Crippen molar-refractivity contribution in [3.8, 4) is 11.8 Å². The Labute approximate surface area is 121 Å². The van der Waals surface area contributed by atoms with Gasteiger partial charge in [-0.2, -0.15) is 5.26 Å². The molecule has 8 nitrogen and oxygen atoms in total. The molecule has 1 atom stereocenters. The van der Waals surface area contributed by atoms with Gasteiger partial charge in [0.15, 0.2) is 0 Å². The van der Waals surface area contributed by atoms with Crippen molar-refractivity contribution in [1.82, 2.24) is 5.32 Å². The Morgan fingerprint density at radius 3 is 2.71 bits per heavy atom. The predicted molar refractivity (Wildman–Crippen MR) is 73.0 cm³/mol. The number of carboxylic acid groups (broad SMARTS) is 1. The number of urea groups is 1. The number of aliphatic carboxylic acids is 1. The van der Waals surface area contributed by atoms with Crippen LogP contribution in [0.25, 0.3) is 0 Å². The van der Waals surface area contributed by atoms with Crippen LogP contribution < -0.4 is 15.4 Å². The van der Waals surface area contributed by atoms with Crippen molar-refractivity contribution < 1.29 is 24.5 Å². The van der Waals surface area contributed by atoms with Crippen molar-refractivity contribution in [2.24, 2.45) is 0 Å². The Balaban J connectivity index is 2.88. The van der Waals surface area contributed by atoms with Gasteiger partial charge in [0.05, 0.1) is 12.7 Å². The standard InChI is InChI=1S/C13H15N3O5/c1-21-10-4-2-3-8(7-14)11(10)16-13(20)15-9(5-6-17)12(18)19/h2-4,9,17H,5-6H2,1H3,(H,18,19)(H2,15,16,20)/t9-/m0/s1. The normalized spacial score (nSPS) is 11.1. The van der Waals surface area contributed by atoms with Gasteiger partial charge < -0.3 is 25.6 Å². The SMILES string of the molecule is COc1cccc(C#N)c1NC(=O)N[C@@H](CCO)C(=O)O. The molecule has 0 bridgehead atoms. The lowest BCUT2D eigenvalue weighted by atomic mass is 10.2. The minimum atomic E-state index is -1.26. The van der Waals surface area contributed by atoms with Crippen LogP contribution in [0.5, 0.6) is 5.75 Å². The second-order valence-corrected chi connectivity index (χ2v) is 4.00. The molecule has 1 rings (SSSR count). The Kier molecular flexibility index (Phi) is 5.98. The quantitative estimate of drug-likeness (QED) is 0.604. The number of rotatable bonds is 6. The molecule has 0 aliphatic carbocycles. The van der Waals surface area contributed by atoms with Gasteiger partial charge in [-0.15, -0.1) is 0 Å². The molecule has 2 amide bonds. The zero-order chi connectivity index (χ0) is 15.8. The smallest absolute Gasteiger partial charge is 0.326 e. The number of amides is 2. The molecule has 0 heterocycles. The second kappa shape index (κ2) is 7.72. The van der Waals surface area contributed by atoms with E-state index in [1.165, 1.54) is 13.2 Å². The highest BCUT2D eigenvalue weighted by Crippen LogP contribution is 2.27. The topological polar surface area (TPSA) is 132 Å². The van der Waals surface area contributed by atoms with Gasteiger partial charge in [0.2, 0.25) is 0 Å². The minimum absolute atomic E-state index is 0.125. The number of benzene rings is 1. The van der Waals surface area contributed by atoms with Crippen LogP contribution in [0.2, 0.25) is 0 Å². The first-order valence-electron chi connectivity index (χ1n) is 6.01. The summed E-state index contributed by atoms with van der Waals surface area (Å²) in [4.78, 5) is 22.7. The van der Waals surface area contributed by atoms with Gasteiger partial charge >= 0.3 is 12.0 Å². The number of aliphatic hydroxyl groups excluding tert-OH is 1. The zero-order valence-electron chi connectivity index (χ0n) is 11.3. The van der Waals surface area contributed by atoms with E-state index < -0.39 is 18.0 Å². The van der Waals surface area contributed by atoms with Crippen molar-refractivity contribution >= 4 is 17.7 Å². The molecule has 4 N–H and O–H groups in total. The van der Waals surface area contributed by atoms with Crippen LogP contribution in [-0.4, -0.2) is 42.0 Å². The Bertz CT molecular complexity index is 567. The Hall–Kier alpha value is -2.79. The first-order valence-corrected chi connectivity index (χ1v) is 6.01. The lowest BCUT2D eigenvalue weighted by Gasteiger charge is -2.16. The number of nitrogens with one attached hydrogen (secondary N) is 2. The van der Waals surface area contributed by atoms with E-state index in [0.29, 0.717) is 0 Å². The van der Waals surface area contributed by atoms with Crippen LogP contribution in [0.1, 0.15) is 12.0 Å². The number of carbonyl (C=O) groups is 2. The molecule has 1 aromatic carbocycles. The van der Waals surface area contributed by atoms with Gasteiger partial charge in [-0.1, -0.05) is 6.07 Å². The lowest BCUT2D eigenvalue weighted by molar-refractivity contribution is -0.139. The number of para-hydroxylation sites is 1. The number of nitrogens with zero attached hydrogens (tertiary/aromatic N) is 1. The molecule has 0 unspecified atom stereocenters. The van der Waals surface area contributed by atoms with Crippen molar-refractivity contribution in [2.75, 3.05) is 19.0 Å². The highest BCUT2D eigenvalue weighted by Gasteiger charge is 2.20. The molecule has 0 fully saturated rings. The molecule has 21 heavy (non-hydrogen) atoms. The van der Waals surface area contributed by atoms with Crippen LogP contribution in [0.4, 0.5) is 10.5 Å². The highest BCUT2D eigenvalue weighted by molar-refractivity contribution is 5.94. The van der Waals surface area contributed by atoms with Gasteiger partial charge in [-0.05, 0) is 12.1 Å². The number of nitriles is 1. The average Bonchev–Trinajstić information content (AvgIpc) is 2.46. The summed E-state index contributed by atoms with van der Waals surface area (Å²) in [6.45, 7) is -0.380. The fourth-order valence-corrected chi connectivity index (χ4v) is 1.62. The summed E-state index contributed by atoms with van der Waals surface area (Å²) in [5.41, 5.74) is 0.326. The van der Waals surface area contributed by atoms with Crippen molar-refractivity contribution in [1.29, 1.82) is 5.26 Å². The summed E-state index contributed by atoms with van der Waals surface area (Å²) in [6, 6.07) is 4.49. The summed E-state index contributed by atoms with van der Waals surface area (Å²) in [5, 5.41) is 31.2. The van der Waals surface area contributed by atoms with Crippen LogP contribution >= 0.6 is 0 Å². The number of ether oxygens (including phenoxy) is 1. The molecule has 0 spiro atoms. The van der Waals surface area contributed by atoms with Gasteiger partial charge in [0.1, 0.15) is 23.5 Å². The average molecular weight is 293 g/mol.